The largest absolute Gasteiger partial charge is 0.325 e. The third-order valence-corrected chi connectivity index (χ3v) is 2.61. The summed E-state index contributed by atoms with van der Waals surface area (Å²) in [4.78, 5) is 13.5. The lowest BCUT2D eigenvalue weighted by Gasteiger charge is -2.03. The summed E-state index contributed by atoms with van der Waals surface area (Å²) in [6, 6.07) is 3.43. The first-order valence-electron chi connectivity index (χ1n) is 4.93. The maximum atomic E-state index is 11.0. The molecule has 0 radical (unpaired) electrons. The molecule has 0 saturated heterocycles. The SMILES string of the molecule is Cn1ccc(CCn2ccc(=O)[nH]c2=S)n1. The number of aromatic nitrogens is 4. The van der Waals surface area contributed by atoms with Crippen molar-refractivity contribution < 1.29 is 0 Å². The molecule has 2 aromatic rings. The Hall–Kier alpha value is -1.69. The van der Waals surface area contributed by atoms with Crippen LogP contribution in [0.3, 0.4) is 0 Å². The summed E-state index contributed by atoms with van der Waals surface area (Å²) in [5.41, 5.74) is 0.842. The fourth-order valence-electron chi connectivity index (χ4n) is 1.45. The normalized spacial score (nSPS) is 10.6. The second-order valence-electron chi connectivity index (χ2n) is 3.53. The van der Waals surface area contributed by atoms with Crippen LogP contribution in [0.4, 0.5) is 0 Å². The lowest BCUT2D eigenvalue weighted by molar-refractivity contribution is 0.641. The number of hydrogen-bond acceptors (Lipinski definition) is 3. The Kier molecular flexibility index (Phi) is 3.00. The van der Waals surface area contributed by atoms with Gasteiger partial charge in [0.05, 0.1) is 5.69 Å². The summed E-state index contributed by atoms with van der Waals surface area (Å²) in [5, 5.41) is 4.27. The van der Waals surface area contributed by atoms with E-state index in [4.69, 9.17) is 12.2 Å². The Balaban J connectivity index is 2.10. The summed E-state index contributed by atoms with van der Waals surface area (Å²) in [7, 11) is 1.88. The molecule has 0 aliphatic heterocycles. The molecule has 0 spiro atoms. The first kappa shape index (κ1) is 10.8. The number of aryl methyl sites for hydroxylation is 3. The number of aromatic amines is 1. The third kappa shape index (κ3) is 2.46. The predicted molar refractivity (Wildman–Crippen MR) is 62.8 cm³/mol. The van der Waals surface area contributed by atoms with Crippen molar-refractivity contribution in [1.29, 1.82) is 0 Å². The van der Waals surface area contributed by atoms with Crippen LogP contribution in [0.1, 0.15) is 5.69 Å². The Morgan fingerprint density at radius 1 is 1.44 bits per heavy atom. The summed E-state index contributed by atoms with van der Waals surface area (Å²) in [6.07, 6.45) is 4.40. The highest BCUT2D eigenvalue weighted by Gasteiger charge is 1.98. The third-order valence-electron chi connectivity index (χ3n) is 2.27. The van der Waals surface area contributed by atoms with Crippen LogP contribution < -0.4 is 5.56 Å². The Morgan fingerprint density at radius 2 is 2.25 bits per heavy atom. The summed E-state index contributed by atoms with van der Waals surface area (Å²) < 4.78 is 4.04. The molecule has 1 N–H and O–H groups in total. The predicted octanol–water partition coefficient (Wildman–Crippen LogP) is 0.882. The van der Waals surface area contributed by atoms with Crippen LogP contribution in [-0.2, 0) is 20.0 Å². The van der Waals surface area contributed by atoms with Gasteiger partial charge in [0.1, 0.15) is 0 Å². The van der Waals surface area contributed by atoms with Crippen LogP contribution >= 0.6 is 12.2 Å². The van der Waals surface area contributed by atoms with Gasteiger partial charge in [-0.15, -0.1) is 0 Å². The van der Waals surface area contributed by atoms with E-state index in [0.29, 0.717) is 11.3 Å². The molecule has 0 aliphatic rings. The number of nitrogens with zero attached hydrogens (tertiary/aromatic N) is 3. The highest BCUT2D eigenvalue weighted by atomic mass is 32.1. The topological polar surface area (TPSA) is 55.6 Å². The van der Waals surface area contributed by atoms with E-state index in [-0.39, 0.29) is 5.56 Å². The van der Waals surface area contributed by atoms with Crippen molar-refractivity contribution in [3.8, 4) is 0 Å². The van der Waals surface area contributed by atoms with Gasteiger partial charge in [0, 0.05) is 38.5 Å². The van der Waals surface area contributed by atoms with Gasteiger partial charge in [0.25, 0.3) is 5.56 Å². The first-order chi connectivity index (χ1) is 7.65. The molecule has 6 heteroatoms. The fourth-order valence-corrected chi connectivity index (χ4v) is 1.70. The van der Waals surface area contributed by atoms with Gasteiger partial charge >= 0.3 is 0 Å². The van der Waals surface area contributed by atoms with E-state index in [2.05, 4.69) is 10.1 Å². The van der Waals surface area contributed by atoms with E-state index < -0.39 is 0 Å². The van der Waals surface area contributed by atoms with E-state index in [1.54, 1.807) is 10.9 Å². The average Bonchev–Trinajstić information content (AvgIpc) is 2.63. The van der Waals surface area contributed by atoms with Crippen molar-refractivity contribution in [2.75, 3.05) is 0 Å². The van der Waals surface area contributed by atoms with E-state index in [9.17, 15) is 4.79 Å². The molecule has 16 heavy (non-hydrogen) atoms. The lowest BCUT2D eigenvalue weighted by atomic mass is 10.3. The molecule has 2 aromatic heterocycles. The number of nitrogens with one attached hydrogen (secondary N) is 1. The molecular formula is C10H12N4OS. The highest BCUT2D eigenvalue weighted by molar-refractivity contribution is 7.71. The minimum atomic E-state index is -0.168. The van der Waals surface area contributed by atoms with Gasteiger partial charge in [-0.25, -0.2) is 0 Å². The minimum Gasteiger partial charge on any atom is -0.325 e. The van der Waals surface area contributed by atoms with Crippen LogP contribution in [0.5, 0.6) is 0 Å². The Morgan fingerprint density at radius 3 is 2.88 bits per heavy atom. The van der Waals surface area contributed by atoms with E-state index in [1.165, 1.54) is 6.07 Å². The molecular weight excluding hydrogens is 224 g/mol. The van der Waals surface area contributed by atoms with Crippen LogP contribution in [0.15, 0.2) is 29.3 Å². The van der Waals surface area contributed by atoms with Gasteiger partial charge in [0.15, 0.2) is 4.77 Å². The van der Waals surface area contributed by atoms with Gasteiger partial charge in [-0.1, -0.05) is 0 Å². The Bertz CT molecular complexity index is 595. The van der Waals surface area contributed by atoms with Crippen LogP contribution in [0.25, 0.3) is 0 Å². The molecule has 0 atom stereocenters. The van der Waals surface area contributed by atoms with Gasteiger partial charge in [-0.2, -0.15) is 5.10 Å². The van der Waals surface area contributed by atoms with Crippen molar-refractivity contribution in [1.82, 2.24) is 19.3 Å². The molecule has 0 bridgehead atoms. The maximum Gasteiger partial charge on any atom is 0.251 e. The molecule has 0 aromatic carbocycles. The Labute approximate surface area is 97.4 Å². The first-order valence-corrected chi connectivity index (χ1v) is 5.34. The maximum absolute atomic E-state index is 11.0. The van der Waals surface area contributed by atoms with Crippen LogP contribution in [0, 0.1) is 4.77 Å². The van der Waals surface area contributed by atoms with Crippen molar-refractivity contribution in [3.05, 3.63) is 45.3 Å². The quantitative estimate of drug-likeness (QED) is 0.805. The van der Waals surface area contributed by atoms with Gasteiger partial charge < -0.3 is 4.57 Å². The zero-order valence-electron chi connectivity index (χ0n) is 8.88. The molecule has 0 saturated carbocycles. The lowest BCUT2D eigenvalue weighted by Crippen LogP contribution is -2.12. The standard InChI is InChI=1S/C10H12N4OS/c1-13-5-2-8(12-13)3-6-14-7-4-9(15)11-10(14)16/h2,4-5,7H,3,6H2,1H3,(H,11,15,16). The average molecular weight is 236 g/mol. The fraction of sp³-hybridized carbons (Fsp3) is 0.300. The van der Waals surface area contributed by atoms with Crippen LogP contribution in [0.2, 0.25) is 0 Å². The second kappa shape index (κ2) is 4.44. The molecule has 0 aliphatic carbocycles. The van der Waals surface area contributed by atoms with E-state index in [0.717, 1.165) is 12.1 Å². The van der Waals surface area contributed by atoms with Gasteiger partial charge in [0.2, 0.25) is 0 Å². The van der Waals surface area contributed by atoms with Crippen molar-refractivity contribution in [2.24, 2.45) is 7.05 Å². The molecule has 5 nitrogen and oxygen atoms in total. The summed E-state index contributed by atoms with van der Waals surface area (Å²) >= 11 is 5.04. The molecule has 84 valence electrons. The van der Waals surface area contributed by atoms with E-state index >= 15 is 0 Å². The molecule has 2 heterocycles. The second-order valence-corrected chi connectivity index (χ2v) is 3.92. The van der Waals surface area contributed by atoms with Crippen molar-refractivity contribution in [2.45, 2.75) is 13.0 Å². The number of H-pyrrole nitrogens is 1. The monoisotopic (exact) mass is 236 g/mol. The zero-order chi connectivity index (χ0) is 11.5. The van der Waals surface area contributed by atoms with E-state index in [1.807, 2.05) is 23.9 Å². The van der Waals surface area contributed by atoms with Crippen LogP contribution in [-0.4, -0.2) is 19.3 Å². The molecule has 0 unspecified atom stereocenters. The highest BCUT2D eigenvalue weighted by Crippen LogP contribution is 1.98. The summed E-state index contributed by atoms with van der Waals surface area (Å²) in [5.74, 6) is 0. The minimum absolute atomic E-state index is 0.168. The van der Waals surface area contributed by atoms with Gasteiger partial charge in [-0.05, 0) is 18.3 Å². The number of hydrogen-bond donors (Lipinski definition) is 1. The number of rotatable bonds is 3. The van der Waals surface area contributed by atoms with Crippen molar-refractivity contribution >= 4 is 12.2 Å². The van der Waals surface area contributed by atoms with Gasteiger partial charge in [-0.3, -0.25) is 14.5 Å². The van der Waals surface area contributed by atoms with Crippen molar-refractivity contribution in [3.63, 3.8) is 0 Å². The molecule has 2 rings (SSSR count). The summed E-state index contributed by atoms with van der Waals surface area (Å²) in [6.45, 7) is 0.715. The molecule has 0 fully saturated rings. The zero-order valence-corrected chi connectivity index (χ0v) is 9.70. The smallest absolute Gasteiger partial charge is 0.251 e. The molecule has 0 amide bonds.